The third kappa shape index (κ3) is 2.06. The molecule has 1 heteroatoms. The largest absolute Gasteiger partial charge is 0.213 e. The molecule has 0 spiro atoms. The molecule has 0 fully saturated rings. The van der Waals surface area contributed by atoms with Gasteiger partial charge in [0.05, 0.1) is 0 Å². The maximum absolute atomic E-state index is 2.30. The molecule has 0 saturated heterocycles. The van der Waals surface area contributed by atoms with Gasteiger partial charge in [0.2, 0.25) is 5.69 Å². The summed E-state index contributed by atoms with van der Waals surface area (Å²) in [5.41, 5.74) is 3.86. The van der Waals surface area contributed by atoms with Gasteiger partial charge in [-0.05, 0) is 40.8 Å². The van der Waals surface area contributed by atoms with Crippen LogP contribution in [0.2, 0.25) is 0 Å². The topological polar surface area (TPSA) is 3.88 Å². The van der Waals surface area contributed by atoms with Gasteiger partial charge in [0.15, 0.2) is 6.20 Å². The van der Waals surface area contributed by atoms with Gasteiger partial charge in [-0.3, -0.25) is 0 Å². The fourth-order valence-electron chi connectivity index (χ4n) is 3.19. The second kappa shape index (κ2) is 4.96. The van der Waals surface area contributed by atoms with Gasteiger partial charge >= 0.3 is 0 Å². The van der Waals surface area contributed by atoms with Crippen LogP contribution in [0.15, 0.2) is 72.9 Å². The molecule has 4 rings (SSSR count). The lowest BCUT2D eigenvalue weighted by molar-refractivity contribution is -0.659. The average Bonchev–Trinajstić information content (AvgIpc) is 2.54. The summed E-state index contributed by atoms with van der Waals surface area (Å²) < 4.78 is 2.22. The molecular weight excluding hydrogens is 266 g/mol. The molecule has 0 bridgehead atoms. The zero-order valence-electron chi connectivity index (χ0n) is 12.9. The molecule has 0 aliphatic heterocycles. The van der Waals surface area contributed by atoms with Crippen molar-refractivity contribution in [1.82, 2.24) is 0 Å². The van der Waals surface area contributed by atoms with Crippen molar-refractivity contribution < 1.29 is 4.57 Å². The van der Waals surface area contributed by atoms with Crippen LogP contribution in [-0.2, 0) is 7.05 Å². The highest BCUT2D eigenvalue weighted by Gasteiger charge is 2.14. The SMILES string of the molecule is Cc1cc2ccccc2cc1-c1cc2ccccc2c[n+]1C. The van der Waals surface area contributed by atoms with Crippen LogP contribution in [0.3, 0.4) is 0 Å². The highest BCUT2D eigenvalue weighted by atomic mass is 14.9. The first kappa shape index (κ1) is 13.0. The number of benzene rings is 3. The normalized spacial score (nSPS) is 11.2. The summed E-state index contributed by atoms with van der Waals surface area (Å²) in [5, 5.41) is 5.14. The first-order valence-corrected chi connectivity index (χ1v) is 7.60. The smallest absolute Gasteiger partial charge is 0.200 e. The van der Waals surface area contributed by atoms with Crippen molar-refractivity contribution in [3.63, 3.8) is 0 Å². The number of rotatable bonds is 1. The maximum atomic E-state index is 2.30. The molecule has 1 aromatic heterocycles. The molecule has 0 radical (unpaired) electrons. The van der Waals surface area contributed by atoms with Gasteiger partial charge in [-0.15, -0.1) is 0 Å². The molecule has 106 valence electrons. The van der Waals surface area contributed by atoms with Crippen molar-refractivity contribution >= 4 is 21.5 Å². The summed E-state index contributed by atoms with van der Waals surface area (Å²) in [6.45, 7) is 2.19. The van der Waals surface area contributed by atoms with Gasteiger partial charge in [0.25, 0.3) is 0 Å². The lowest BCUT2D eigenvalue weighted by Crippen LogP contribution is -2.30. The Bertz CT molecular complexity index is 916. The number of nitrogens with zero attached hydrogens (tertiary/aromatic N) is 1. The van der Waals surface area contributed by atoms with E-state index < -0.39 is 0 Å². The third-order valence-corrected chi connectivity index (χ3v) is 4.37. The van der Waals surface area contributed by atoms with E-state index in [1.807, 2.05) is 0 Å². The van der Waals surface area contributed by atoms with Crippen molar-refractivity contribution in [2.45, 2.75) is 6.92 Å². The number of hydrogen-bond donors (Lipinski definition) is 0. The monoisotopic (exact) mass is 284 g/mol. The quantitative estimate of drug-likeness (QED) is 0.442. The Morgan fingerprint density at radius 3 is 1.91 bits per heavy atom. The first-order chi connectivity index (χ1) is 10.7. The van der Waals surface area contributed by atoms with Crippen molar-refractivity contribution in [2.24, 2.45) is 7.05 Å². The van der Waals surface area contributed by atoms with Gasteiger partial charge in [-0.1, -0.05) is 48.5 Å². The average molecular weight is 284 g/mol. The van der Waals surface area contributed by atoms with E-state index in [2.05, 4.69) is 91.5 Å². The van der Waals surface area contributed by atoms with Gasteiger partial charge in [0, 0.05) is 17.0 Å². The molecule has 4 aromatic rings. The zero-order valence-corrected chi connectivity index (χ0v) is 12.9. The van der Waals surface area contributed by atoms with Crippen molar-refractivity contribution in [2.75, 3.05) is 0 Å². The Hall–Kier alpha value is -2.67. The molecular formula is C21H18N+. The second-order valence-corrected chi connectivity index (χ2v) is 5.91. The second-order valence-electron chi connectivity index (χ2n) is 5.91. The van der Waals surface area contributed by atoms with Gasteiger partial charge < -0.3 is 0 Å². The fourth-order valence-corrected chi connectivity index (χ4v) is 3.19. The fraction of sp³-hybridized carbons (Fsp3) is 0.0952. The number of hydrogen-bond acceptors (Lipinski definition) is 0. The Labute approximate surface area is 130 Å². The molecule has 0 aliphatic carbocycles. The van der Waals surface area contributed by atoms with E-state index in [1.165, 1.54) is 38.4 Å². The van der Waals surface area contributed by atoms with E-state index in [0.29, 0.717) is 0 Å². The van der Waals surface area contributed by atoms with E-state index in [-0.39, 0.29) is 0 Å². The summed E-state index contributed by atoms with van der Waals surface area (Å²) in [6, 6.07) is 23.9. The Morgan fingerprint density at radius 1 is 0.682 bits per heavy atom. The zero-order chi connectivity index (χ0) is 15.1. The predicted molar refractivity (Wildman–Crippen MR) is 92.8 cm³/mol. The summed E-state index contributed by atoms with van der Waals surface area (Å²) in [5.74, 6) is 0. The van der Waals surface area contributed by atoms with E-state index in [9.17, 15) is 0 Å². The molecule has 0 unspecified atom stereocenters. The summed E-state index contributed by atoms with van der Waals surface area (Å²) >= 11 is 0. The lowest BCUT2D eigenvalue weighted by Gasteiger charge is -2.08. The van der Waals surface area contributed by atoms with Crippen molar-refractivity contribution in [1.29, 1.82) is 0 Å². The van der Waals surface area contributed by atoms with E-state index >= 15 is 0 Å². The first-order valence-electron chi connectivity index (χ1n) is 7.60. The minimum absolute atomic E-state index is 1.25. The molecule has 0 aliphatic rings. The van der Waals surface area contributed by atoms with Crippen LogP contribution in [0.25, 0.3) is 32.8 Å². The van der Waals surface area contributed by atoms with Crippen LogP contribution in [0.4, 0.5) is 0 Å². The highest BCUT2D eigenvalue weighted by molar-refractivity contribution is 5.90. The molecule has 22 heavy (non-hydrogen) atoms. The minimum atomic E-state index is 1.25. The molecule has 1 heterocycles. The number of pyridine rings is 1. The highest BCUT2D eigenvalue weighted by Crippen LogP contribution is 2.28. The summed E-state index contributed by atoms with van der Waals surface area (Å²) in [6.07, 6.45) is 2.21. The van der Waals surface area contributed by atoms with E-state index in [1.54, 1.807) is 0 Å². The van der Waals surface area contributed by atoms with Crippen LogP contribution < -0.4 is 4.57 Å². The molecule has 0 saturated carbocycles. The molecule has 0 atom stereocenters. The lowest BCUT2D eigenvalue weighted by atomic mass is 9.98. The maximum Gasteiger partial charge on any atom is 0.213 e. The standard InChI is InChI=1S/C21H18N/c1-15-11-16-7-3-4-8-17(16)12-20(15)21-13-18-9-5-6-10-19(18)14-22(21)2/h3-14H,1-2H3/q+1. The Kier molecular flexibility index (Phi) is 2.93. The van der Waals surface area contributed by atoms with E-state index in [0.717, 1.165) is 0 Å². The van der Waals surface area contributed by atoms with Crippen LogP contribution in [0.1, 0.15) is 5.56 Å². The summed E-state index contributed by atoms with van der Waals surface area (Å²) in [7, 11) is 2.12. The van der Waals surface area contributed by atoms with Crippen LogP contribution in [0.5, 0.6) is 0 Å². The van der Waals surface area contributed by atoms with Crippen LogP contribution in [0, 0.1) is 6.92 Å². The molecule has 3 aromatic carbocycles. The third-order valence-electron chi connectivity index (χ3n) is 4.37. The van der Waals surface area contributed by atoms with Gasteiger partial charge in [-0.2, -0.15) is 0 Å². The van der Waals surface area contributed by atoms with Crippen molar-refractivity contribution in [3.05, 3.63) is 78.5 Å². The van der Waals surface area contributed by atoms with Gasteiger partial charge in [0.1, 0.15) is 7.05 Å². The van der Waals surface area contributed by atoms with Crippen molar-refractivity contribution in [3.8, 4) is 11.3 Å². The predicted octanol–water partition coefficient (Wildman–Crippen LogP) is 4.79. The molecule has 0 N–H and O–H groups in total. The van der Waals surface area contributed by atoms with Crippen LogP contribution >= 0.6 is 0 Å². The summed E-state index contributed by atoms with van der Waals surface area (Å²) in [4.78, 5) is 0. The van der Waals surface area contributed by atoms with Gasteiger partial charge in [-0.25, -0.2) is 4.57 Å². The Balaban J connectivity index is 2.02. The van der Waals surface area contributed by atoms with Crippen LogP contribution in [-0.4, -0.2) is 0 Å². The number of aromatic nitrogens is 1. The number of aryl methyl sites for hydroxylation is 2. The molecule has 1 nitrogen and oxygen atoms in total. The van der Waals surface area contributed by atoms with E-state index in [4.69, 9.17) is 0 Å². The minimum Gasteiger partial charge on any atom is -0.200 e. The molecule has 0 amide bonds. The number of fused-ring (bicyclic) bond motifs is 2. The Morgan fingerprint density at radius 2 is 1.23 bits per heavy atom.